The molecule has 4 heteroatoms. The van der Waals surface area contributed by atoms with Crippen LogP contribution in [-0.2, 0) is 6.42 Å². The zero-order valence-corrected chi connectivity index (χ0v) is 9.00. The summed E-state index contributed by atoms with van der Waals surface area (Å²) in [6.07, 6.45) is 2.50. The number of carbonyl (C=O) groups excluding carboxylic acids is 1. The van der Waals surface area contributed by atoms with E-state index < -0.39 is 6.03 Å². The summed E-state index contributed by atoms with van der Waals surface area (Å²) < 4.78 is 0. The van der Waals surface area contributed by atoms with E-state index in [4.69, 9.17) is 0 Å². The number of rotatable bonds is 2. The Morgan fingerprint density at radius 3 is 2.71 bits per heavy atom. The smallest absolute Gasteiger partial charge is 0.261 e. The molecule has 82 valence electrons. The summed E-state index contributed by atoms with van der Waals surface area (Å²) in [4.78, 5) is 22.9. The molecule has 3 rings (SSSR count). The summed E-state index contributed by atoms with van der Waals surface area (Å²) in [5, 5.41) is 1.31. The summed E-state index contributed by atoms with van der Waals surface area (Å²) in [5.74, 6) is 0. The highest BCUT2D eigenvalue weighted by molar-refractivity contribution is 5.77. The van der Waals surface area contributed by atoms with Crippen LogP contribution in [0, 0.1) is 0 Å². The number of benzene rings is 1. The predicted molar refractivity (Wildman–Crippen MR) is 61.2 cm³/mol. The quantitative estimate of drug-likeness (QED) is 0.764. The molecule has 1 aromatic heterocycles. The molecule has 0 aliphatic carbocycles. The average Bonchev–Trinajstić information content (AvgIpc) is 2.70. The zero-order chi connectivity index (χ0) is 11.7. The van der Waals surface area contributed by atoms with Crippen molar-refractivity contribution in [3.8, 4) is 0 Å². The van der Waals surface area contributed by atoms with E-state index in [-0.39, 0.29) is 0 Å². The van der Waals surface area contributed by atoms with Crippen LogP contribution >= 0.6 is 0 Å². The van der Waals surface area contributed by atoms with E-state index in [1.165, 1.54) is 0 Å². The van der Waals surface area contributed by atoms with Gasteiger partial charge in [-0.2, -0.15) is 9.98 Å². The normalized spacial score (nSPS) is 12.8. The van der Waals surface area contributed by atoms with Gasteiger partial charge in [-0.1, -0.05) is 12.1 Å². The Labute approximate surface area is 97.4 Å². The van der Waals surface area contributed by atoms with Gasteiger partial charge in [0, 0.05) is 18.3 Å². The first-order valence-corrected chi connectivity index (χ1v) is 5.31. The highest BCUT2D eigenvalue weighted by Gasteiger charge is 2.05. The zero-order valence-electron chi connectivity index (χ0n) is 9.00. The van der Waals surface area contributed by atoms with Gasteiger partial charge >= 0.3 is 6.03 Å². The molecule has 0 spiro atoms. The fourth-order valence-electron chi connectivity index (χ4n) is 1.81. The number of hydrogen-bond donors (Lipinski definition) is 0. The lowest BCUT2D eigenvalue weighted by atomic mass is 10.1. The second-order valence-corrected chi connectivity index (χ2v) is 3.83. The van der Waals surface area contributed by atoms with E-state index in [9.17, 15) is 4.79 Å². The van der Waals surface area contributed by atoms with Crippen LogP contribution in [0.3, 0.4) is 0 Å². The first-order chi connectivity index (χ1) is 8.31. The van der Waals surface area contributed by atoms with Crippen molar-refractivity contribution in [2.75, 3.05) is 0 Å². The lowest BCUT2D eigenvalue weighted by Crippen LogP contribution is -2.21. The van der Waals surface area contributed by atoms with E-state index in [0.29, 0.717) is 10.7 Å². The molecule has 1 aliphatic heterocycles. The van der Waals surface area contributed by atoms with E-state index in [2.05, 4.69) is 15.0 Å². The molecule has 0 atom stereocenters. The van der Waals surface area contributed by atoms with Crippen molar-refractivity contribution < 1.29 is 4.79 Å². The Hall–Kier alpha value is -2.36. The summed E-state index contributed by atoms with van der Waals surface area (Å²) in [5.41, 5.74) is 2.07. The third kappa shape index (κ3) is 1.97. The van der Waals surface area contributed by atoms with Gasteiger partial charge in [-0.05, 0) is 29.8 Å². The molecule has 0 saturated heterocycles. The van der Waals surface area contributed by atoms with Crippen LogP contribution in [0.15, 0.2) is 52.6 Å². The van der Waals surface area contributed by atoms with Gasteiger partial charge in [0.05, 0.1) is 10.7 Å². The van der Waals surface area contributed by atoms with E-state index in [1.807, 2.05) is 36.4 Å². The Balaban J connectivity index is 1.98. The fraction of sp³-hybridized carbons (Fsp3) is 0.0769. The van der Waals surface area contributed by atoms with E-state index in [0.717, 1.165) is 17.7 Å². The number of carbonyl (C=O) groups is 1. The number of nitrogens with zero attached hydrogens (tertiary/aromatic N) is 3. The van der Waals surface area contributed by atoms with Gasteiger partial charge in [0.25, 0.3) is 0 Å². The van der Waals surface area contributed by atoms with Crippen LogP contribution in [0.5, 0.6) is 0 Å². The Kier molecular flexibility index (Phi) is 2.26. The van der Waals surface area contributed by atoms with Crippen LogP contribution in [-0.4, -0.2) is 11.0 Å². The molecule has 0 N–H and O–H groups in total. The standard InChI is InChI=1S/C13H9N3O/c17-13-15-11-5-4-9(8-12(11)16-13)7-10-3-1-2-6-14-10/h1-6,8H,7H2. The van der Waals surface area contributed by atoms with Gasteiger partial charge in [-0.3, -0.25) is 4.98 Å². The topological polar surface area (TPSA) is 54.7 Å². The highest BCUT2D eigenvalue weighted by atomic mass is 16.2. The van der Waals surface area contributed by atoms with Crippen LogP contribution in [0.4, 0.5) is 4.79 Å². The second kappa shape index (κ2) is 3.90. The van der Waals surface area contributed by atoms with Gasteiger partial charge < -0.3 is 0 Å². The molecular formula is C13H9N3O. The molecule has 2 amide bonds. The maximum Gasteiger partial charge on any atom is 0.368 e. The first-order valence-electron chi connectivity index (χ1n) is 5.31. The number of amides is 2. The second-order valence-electron chi connectivity index (χ2n) is 3.83. The number of hydrogen-bond acceptors (Lipinski definition) is 2. The fourth-order valence-corrected chi connectivity index (χ4v) is 1.81. The average molecular weight is 223 g/mol. The molecular weight excluding hydrogens is 214 g/mol. The van der Waals surface area contributed by atoms with Crippen molar-refractivity contribution >= 4 is 6.03 Å². The molecule has 17 heavy (non-hydrogen) atoms. The number of aromatic nitrogens is 1. The molecule has 4 nitrogen and oxygen atoms in total. The third-order valence-corrected chi connectivity index (χ3v) is 2.58. The van der Waals surface area contributed by atoms with E-state index in [1.54, 1.807) is 6.20 Å². The summed E-state index contributed by atoms with van der Waals surface area (Å²) in [7, 11) is 0. The molecule has 2 aromatic rings. The van der Waals surface area contributed by atoms with E-state index >= 15 is 0 Å². The monoisotopic (exact) mass is 223 g/mol. The van der Waals surface area contributed by atoms with Crippen LogP contribution in [0.25, 0.3) is 0 Å². The molecule has 2 heterocycles. The lowest BCUT2D eigenvalue weighted by molar-refractivity contribution is 0.256. The minimum atomic E-state index is -0.421. The summed E-state index contributed by atoms with van der Waals surface area (Å²) in [6.45, 7) is 0. The molecule has 1 aromatic carbocycles. The van der Waals surface area contributed by atoms with Crippen molar-refractivity contribution in [2.45, 2.75) is 6.42 Å². The van der Waals surface area contributed by atoms with Crippen molar-refractivity contribution in [3.05, 3.63) is 64.6 Å². The van der Waals surface area contributed by atoms with Gasteiger partial charge in [0.1, 0.15) is 0 Å². The summed E-state index contributed by atoms with van der Waals surface area (Å²) in [6, 6.07) is 11.1. The number of urea groups is 1. The highest BCUT2D eigenvalue weighted by Crippen LogP contribution is 2.03. The van der Waals surface area contributed by atoms with Crippen LogP contribution < -0.4 is 10.7 Å². The predicted octanol–water partition coefficient (Wildman–Crippen LogP) is 1.05. The summed E-state index contributed by atoms with van der Waals surface area (Å²) >= 11 is 0. The van der Waals surface area contributed by atoms with Crippen molar-refractivity contribution in [1.29, 1.82) is 0 Å². The molecule has 0 bridgehead atoms. The van der Waals surface area contributed by atoms with Crippen molar-refractivity contribution in [2.24, 2.45) is 9.98 Å². The molecule has 1 aliphatic rings. The van der Waals surface area contributed by atoms with Crippen molar-refractivity contribution in [1.82, 2.24) is 4.98 Å². The molecule has 0 fully saturated rings. The molecule has 0 saturated carbocycles. The Bertz CT molecular complexity index is 692. The van der Waals surface area contributed by atoms with Gasteiger partial charge in [0.15, 0.2) is 0 Å². The molecule has 0 radical (unpaired) electrons. The minimum Gasteiger partial charge on any atom is -0.261 e. The maximum absolute atomic E-state index is 11.0. The Morgan fingerprint density at radius 2 is 1.88 bits per heavy atom. The Morgan fingerprint density at radius 1 is 1.00 bits per heavy atom. The molecule has 0 unspecified atom stereocenters. The lowest BCUT2D eigenvalue weighted by Gasteiger charge is -1.99. The van der Waals surface area contributed by atoms with Gasteiger partial charge in [-0.25, -0.2) is 4.79 Å². The number of fused-ring (bicyclic) bond motifs is 1. The number of pyridine rings is 1. The SMILES string of the molecule is O=C1N=c2ccc(Cc3ccccn3)cc2=N1. The maximum atomic E-state index is 11.0. The first kappa shape index (κ1) is 9.84. The largest absolute Gasteiger partial charge is 0.368 e. The van der Waals surface area contributed by atoms with Crippen LogP contribution in [0.1, 0.15) is 11.3 Å². The third-order valence-electron chi connectivity index (χ3n) is 2.58. The van der Waals surface area contributed by atoms with Gasteiger partial charge in [-0.15, -0.1) is 0 Å². The van der Waals surface area contributed by atoms with Gasteiger partial charge in [0.2, 0.25) is 0 Å². The van der Waals surface area contributed by atoms with Crippen LogP contribution in [0.2, 0.25) is 0 Å². The van der Waals surface area contributed by atoms with Crippen molar-refractivity contribution in [3.63, 3.8) is 0 Å². The minimum absolute atomic E-state index is 0.421.